The van der Waals surface area contributed by atoms with E-state index in [1.807, 2.05) is 26.0 Å². The predicted octanol–water partition coefficient (Wildman–Crippen LogP) is 2.18. The van der Waals surface area contributed by atoms with Crippen molar-refractivity contribution in [3.05, 3.63) is 34.0 Å². The number of aromatic nitrogens is 3. The molecular formula is C20H24ClN7O. The SMILES string of the molecule is Cc1nc(N2CCN(c3ccc(N4CCOCC4)nn3)CC2)c(C#N)c(C)c1Cl. The number of ether oxygens (including phenoxy) is 1. The third-order valence-corrected chi connectivity index (χ3v) is 6.06. The lowest BCUT2D eigenvalue weighted by Crippen LogP contribution is -2.47. The average Bonchev–Trinajstić information content (AvgIpc) is 2.78. The topological polar surface area (TPSA) is 81.4 Å². The maximum absolute atomic E-state index is 9.59. The minimum absolute atomic E-state index is 0.559. The van der Waals surface area contributed by atoms with E-state index >= 15 is 0 Å². The molecule has 0 amide bonds. The first-order valence-electron chi connectivity index (χ1n) is 9.81. The van der Waals surface area contributed by atoms with Gasteiger partial charge in [0, 0.05) is 39.3 Å². The number of aryl methyl sites for hydroxylation is 1. The van der Waals surface area contributed by atoms with Crippen molar-refractivity contribution >= 4 is 29.1 Å². The summed E-state index contributed by atoms with van der Waals surface area (Å²) in [6.45, 7) is 10.0. The third-order valence-electron chi connectivity index (χ3n) is 5.51. The van der Waals surface area contributed by atoms with Gasteiger partial charge in [0.1, 0.15) is 11.9 Å². The zero-order chi connectivity index (χ0) is 20.4. The Morgan fingerprint density at radius 1 is 0.931 bits per heavy atom. The molecule has 2 aromatic rings. The highest BCUT2D eigenvalue weighted by atomic mass is 35.5. The van der Waals surface area contributed by atoms with Crippen molar-refractivity contribution in [2.45, 2.75) is 13.8 Å². The second-order valence-electron chi connectivity index (χ2n) is 7.27. The van der Waals surface area contributed by atoms with E-state index in [1.165, 1.54) is 0 Å². The summed E-state index contributed by atoms with van der Waals surface area (Å²) in [6.07, 6.45) is 0. The van der Waals surface area contributed by atoms with Crippen LogP contribution in [0.25, 0.3) is 0 Å². The van der Waals surface area contributed by atoms with Crippen LogP contribution < -0.4 is 14.7 Å². The molecule has 0 saturated carbocycles. The first-order chi connectivity index (χ1) is 14.1. The molecule has 0 atom stereocenters. The van der Waals surface area contributed by atoms with E-state index in [2.05, 4.69) is 36.0 Å². The standard InChI is InChI=1S/C20H24ClN7O/c1-14-16(13-22)20(23-15(2)19(14)21)28-7-5-26(6-8-28)17-3-4-18(25-24-17)27-9-11-29-12-10-27/h3-4H,5-12H2,1-2H3. The largest absolute Gasteiger partial charge is 0.378 e. The quantitative estimate of drug-likeness (QED) is 0.757. The van der Waals surface area contributed by atoms with Crippen LogP contribution in [0.15, 0.2) is 12.1 Å². The Bertz CT molecular complexity index is 914. The summed E-state index contributed by atoms with van der Waals surface area (Å²) in [4.78, 5) is 11.2. The molecule has 2 aliphatic heterocycles. The maximum Gasteiger partial charge on any atom is 0.151 e. The van der Waals surface area contributed by atoms with E-state index in [1.54, 1.807) is 0 Å². The molecule has 0 N–H and O–H groups in total. The minimum Gasteiger partial charge on any atom is -0.378 e. The molecule has 0 radical (unpaired) electrons. The Balaban J connectivity index is 1.44. The molecule has 2 aromatic heterocycles. The van der Waals surface area contributed by atoms with Crippen LogP contribution in [0, 0.1) is 25.2 Å². The second-order valence-corrected chi connectivity index (χ2v) is 7.65. The fourth-order valence-electron chi connectivity index (χ4n) is 3.77. The van der Waals surface area contributed by atoms with Gasteiger partial charge in [-0.15, -0.1) is 10.2 Å². The first-order valence-corrected chi connectivity index (χ1v) is 10.2. The Labute approximate surface area is 175 Å². The Kier molecular flexibility index (Phi) is 5.69. The molecule has 0 aliphatic carbocycles. The molecule has 4 rings (SSSR count). The van der Waals surface area contributed by atoms with Gasteiger partial charge >= 0.3 is 0 Å². The summed E-state index contributed by atoms with van der Waals surface area (Å²) in [7, 11) is 0. The molecule has 8 nitrogen and oxygen atoms in total. The number of morpholine rings is 1. The zero-order valence-corrected chi connectivity index (χ0v) is 17.5. The Hall–Kier alpha value is -2.63. The number of rotatable bonds is 3. The van der Waals surface area contributed by atoms with Gasteiger partial charge in [-0.3, -0.25) is 0 Å². The van der Waals surface area contributed by atoms with Crippen LogP contribution in [0.2, 0.25) is 5.02 Å². The van der Waals surface area contributed by atoms with Gasteiger partial charge in [-0.1, -0.05) is 11.6 Å². The lowest BCUT2D eigenvalue weighted by molar-refractivity contribution is 0.122. The molecular weight excluding hydrogens is 390 g/mol. The van der Waals surface area contributed by atoms with Crippen molar-refractivity contribution in [1.82, 2.24) is 15.2 Å². The molecule has 9 heteroatoms. The van der Waals surface area contributed by atoms with Gasteiger partial charge in [-0.05, 0) is 31.5 Å². The molecule has 2 fully saturated rings. The van der Waals surface area contributed by atoms with E-state index in [9.17, 15) is 5.26 Å². The monoisotopic (exact) mass is 413 g/mol. The van der Waals surface area contributed by atoms with E-state index in [0.717, 1.165) is 81.2 Å². The molecule has 0 bridgehead atoms. The number of hydrogen-bond acceptors (Lipinski definition) is 8. The van der Waals surface area contributed by atoms with Gasteiger partial charge in [-0.25, -0.2) is 4.98 Å². The minimum atomic E-state index is 0.559. The van der Waals surface area contributed by atoms with Gasteiger partial charge in [0.2, 0.25) is 0 Å². The number of nitriles is 1. The van der Waals surface area contributed by atoms with Gasteiger partial charge < -0.3 is 19.4 Å². The molecule has 4 heterocycles. The van der Waals surface area contributed by atoms with Crippen LogP contribution in [0.5, 0.6) is 0 Å². The molecule has 0 spiro atoms. The van der Waals surface area contributed by atoms with E-state index in [0.29, 0.717) is 10.6 Å². The summed E-state index contributed by atoms with van der Waals surface area (Å²) in [5, 5.41) is 19.0. The van der Waals surface area contributed by atoms with E-state index in [-0.39, 0.29) is 0 Å². The van der Waals surface area contributed by atoms with Crippen molar-refractivity contribution in [3.63, 3.8) is 0 Å². The number of anilines is 3. The molecule has 0 unspecified atom stereocenters. The second kappa shape index (κ2) is 8.39. The smallest absolute Gasteiger partial charge is 0.151 e. The number of hydrogen-bond donors (Lipinski definition) is 0. The lowest BCUT2D eigenvalue weighted by atomic mass is 10.1. The fraction of sp³-hybridized carbons (Fsp3) is 0.500. The summed E-state index contributed by atoms with van der Waals surface area (Å²) >= 11 is 6.28. The summed E-state index contributed by atoms with van der Waals surface area (Å²) in [6, 6.07) is 6.33. The van der Waals surface area contributed by atoms with Crippen molar-refractivity contribution in [1.29, 1.82) is 5.26 Å². The van der Waals surface area contributed by atoms with Crippen LogP contribution in [-0.4, -0.2) is 67.7 Å². The molecule has 29 heavy (non-hydrogen) atoms. The van der Waals surface area contributed by atoms with Crippen LogP contribution >= 0.6 is 11.6 Å². The van der Waals surface area contributed by atoms with Crippen molar-refractivity contribution in [2.24, 2.45) is 0 Å². The molecule has 2 aliphatic rings. The highest BCUT2D eigenvalue weighted by molar-refractivity contribution is 6.32. The van der Waals surface area contributed by atoms with Crippen LogP contribution in [0.3, 0.4) is 0 Å². The summed E-state index contributed by atoms with van der Waals surface area (Å²) in [5.74, 6) is 2.49. The molecule has 0 aromatic carbocycles. The van der Waals surface area contributed by atoms with Gasteiger partial charge in [0.15, 0.2) is 11.6 Å². The molecule has 152 valence electrons. The Morgan fingerprint density at radius 3 is 2.03 bits per heavy atom. The summed E-state index contributed by atoms with van der Waals surface area (Å²) < 4.78 is 5.39. The van der Waals surface area contributed by atoms with E-state index < -0.39 is 0 Å². The number of pyridine rings is 1. The molecule has 2 saturated heterocycles. The third kappa shape index (κ3) is 3.93. The van der Waals surface area contributed by atoms with Gasteiger partial charge in [0.25, 0.3) is 0 Å². The van der Waals surface area contributed by atoms with Crippen LogP contribution in [-0.2, 0) is 4.74 Å². The van der Waals surface area contributed by atoms with Crippen molar-refractivity contribution in [3.8, 4) is 6.07 Å². The number of piperazine rings is 1. The average molecular weight is 414 g/mol. The highest BCUT2D eigenvalue weighted by Crippen LogP contribution is 2.30. The highest BCUT2D eigenvalue weighted by Gasteiger charge is 2.24. The van der Waals surface area contributed by atoms with Gasteiger partial charge in [-0.2, -0.15) is 5.26 Å². The Morgan fingerprint density at radius 2 is 1.48 bits per heavy atom. The predicted molar refractivity (Wildman–Crippen MR) is 113 cm³/mol. The lowest BCUT2D eigenvalue weighted by Gasteiger charge is -2.36. The first kappa shape index (κ1) is 19.7. The van der Waals surface area contributed by atoms with Crippen LogP contribution in [0.1, 0.15) is 16.8 Å². The van der Waals surface area contributed by atoms with E-state index in [4.69, 9.17) is 16.3 Å². The maximum atomic E-state index is 9.59. The normalized spacial score (nSPS) is 17.4. The van der Waals surface area contributed by atoms with Crippen molar-refractivity contribution in [2.75, 3.05) is 67.2 Å². The van der Waals surface area contributed by atoms with Crippen LogP contribution in [0.4, 0.5) is 17.5 Å². The summed E-state index contributed by atoms with van der Waals surface area (Å²) in [5.41, 5.74) is 2.11. The number of nitrogens with zero attached hydrogens (tertiary/aromatic N) is 7. The van der Waals surface area contributed by atoms with Gasteiger partial charge in [0.05, 0.1) is 29.5 Å². The fourth-order valence-corrected chi connectivity index (χ4v) is 3.91. The number of halogens is 1. The van der Waals surface area contributed by atoms with Crippen molar-refractivity contribution < 1.29 is 4.74 Å². The zero-order valence-electron chi connectivity index (χ0n) is 16.7.